The summed E-state index contributed by atoms with van der Waals surface area (Å²) in [5.74, 6) is 1.20. The normalized spacial score (nSPS) is 10.9. The molecule has 6 heteroatoms. The zero-order valence-electron chi connectivity index (χ0n) is 9.94. The van der Waals surface area contributed by atoms with Gasteiger partial charge in [0.25, 0.3) is 5.89 Å². The molecule has 0 amide bonds. The van der Waals surface area contributed by atoms with Gasteiger partial charge in [0.15, 0.2) is 0 Å². The van der Waals surface area contributed by atoms with E-state index < -0.39 is 0 Å². The van der Waals surface area contributed by atoms with E-state index in [4.69, 9.17) is 4.42 Å². The molecule has 0 bridgehead atoms. The maximum absolute atomic E-state index is 5.52. The molecule has 0 fully saturated rings. The summed E-state index contributed by atoms with van der Waals surface area (Å²) >= 11 is 0. The van der Waals surface area contributed by atoms with E-state index in [0.717, 1.165) is 37.9 Å². The van der Waals surface area contributed by atoms with E-state index in [1.807, 2.05) is 0 Å². The Morgan fingerprint density at radius 2 is 2.29 bits per heavy atom. The fourth-order valence-corrected chi connectivity index (χ4v) is 1.51. The van der Waals surface area contributed by atoms with E-state index >= 15 is 0 Å². The van der Waals surface area contributed by atoms with E-state index in [1.165, 1.54) is 0 Å². The summed E-state index contributed by atoms with van der Waals surface area (Å²) in [6, 6.07) is 0. The number of hydrogen-bond acceptors (Lipinski definition) is 5. The third-order valence-electron chi connectivity index (χ3n) is 2.38. The van der Waals surface area contributed by atoms with Crippen molar-refractivity contribution >= 4 is 0 Å². The minimum absolute atomic E-state index is 0.523. The maximum atomic E-state index is 5.52. The van der Waals surface area contributed by atoms with Crippen LogP contribution in [0.1, 0.15) is 25.7 Å². The molecule has 0 saturated heterocycles. The summed E-state index contributed by atoms with van der Waals surface area (Å²) < 4.78 is 5.52. The fraction of sp³-hybridized carbons (Fsp3) is 0.545. The first-order valence-corrected chi connectivity index (χ1v) is 5.92. The van der Waals surface area contributed by atoms with Gasteiger partial charge in [-0.1, -0.05) is 6.92 Å². The van der Waals surface area contributed by atoms with Gasteiger partial charge in [0, 0.05) is 12.6 Å². The summed E-state index contributed by atoms with van der Waals surface area (Å²) in [4.78, 5) is 0. The van der Waals surface area contributed by atoms with Gasteiger partial charge in [-0.25, -0.2) is 0 Å². The molecule has 0 saturated carbocycles. The van der Waals surface area contributed by atoms with Crippen molar-refractivity contribution in [3.05, 3.63) is 18.3 Å². The Labute approximate surface area is 99.8 Å². The van der Waals surface area contributed by atoms with E-state index in [2.05, 4.69) is 32.6 Å². The Kier molecular flexibility index (Phi) is 4.26. The van der Waals surface area contributed by atoms with Crippen molar-refractivity contribution in [3.8, 4) is 11.5 Å². The molecule has 2 N–H and O–H groups in total. The van der Waals surface area contributed by atoms with Gasteiger partial charge < -0.3 is 9.73 Å². The van der Waals surface area contributed by atoms with Crippen molar-refractivity contribution in [3.63, 3.8) is 0 Å². The number of aromatic nitrogens is 4. The Morgan fingerprint density at radius 3 is 3.06 bits per heavy atom. The molecule has 0 aliphatic heterocycles. The molecule has 0 aromatic carbocycles. The molecule has 0 aliphatic carbocycles. The number of aryl methyl sites for hydroxylation is 1. The van der Waals surface area contributed by atoms with Gasteiger partial charge in [-0.3, -0.25) is 5.10 Å². The molecular formula is C11H17N5O. The van der Waals surface area contributed by atoms with E-state index in [0.29, 0.717) is 11.8 Å². The van der Waals surface area contributed by atoms with Crippen LogP contribution in [-0.2, 0) is 6.42 Å². The predicted molar refractivity (Wildman–Crippen MR) is 63.4 cm³/mol. The summed E-state index contributed by atoms with van der Waals surface area (Å²) in [5.41, 5.74) is 0.827. The van der Waals surface area contributed by atoms with Gasteiger partial charge in [-0.15, -0.1) is 10.2 Å². The second-order valence-electron chi connectivity index (χ2n) is 3.84. The first-order chi connectivity index (χ1) is 8.40. The van der Waals surface area contributed by atoms with Gasteiger partial charge in [0.1, 0.15) is 0 Å². The number of rotatable bonds is 7. The predicted octanol–water partition coefficient (Wildman–Crippen LogP) is 1.39. The second kappa shape index (κ2) is 6.15. The van der Waals surface area contributed by atoms with Crippen LogP contribution in [0, 0.1) is 0 Å². The minimum atomic E-state index is 0.523. The quantitative estimate of drug-likeness (QED) is 0.709. The molecule has 0 atom stereocenters. The Hall–Kier alpha value is -1.69. The lowest BCUT2D eigenvalue weighted by Gasteiger charge is -1.99. The van der Waals surface area contributed by atoms with Crippen molar-refractivity contribution in [2.45, 2.75) is 26.2 Å². The number of aromatic amines is 1. The average molecular weight is 235 g/mol. The molecule has 0 radical (unpaired) electrons. The highest BCUT2D eigenvalue weighted by Gasteiger charge is 2.08. The van der Waals surface area contributed by atoms with Crippen LogP contribution < -0.4 is 5.32 Å². The lowest BCUT2D eigenvalue weighted by molar-refractivity contribution is 0.491. The molecular weight excluding hydrogens is 218 g/mol. The number of H-pyrrole nitrogens is 1. The topological polar surface area (TPSA) is 79.6 Å². The highest BCUT2D eigenvalue weighted by Crippen LogP contribution is 2.15. The van der Waals surface area contributed by atoms with Gasteiger partial charge in [0.05, 0.1) is 11.8 Å². The molecule has 2 aromatic rings. The summed E-state index contributed by atoms with van der Waals surface area (Å²) in [5, 5.41) is 17.9. The summed E-state index contributed by atoms with van der Waals surface area (Å²) in [7, 11) is 0. The molecule has 2 aromatic heterocycles. The van der Waals surface area contributed by atoms with Crippen LogP contribution in [0.25, 0.3) is 11.5 Å². The second-order valence-corrected chi connectivity index (χ2v) is 3.84. The highest BCUT2D eigenvalue weighted by molar-refractivity contribution is 5.48. The molecule has 0 aliphatic rings. The van der Waals surface area contributed by atoms with Crippen molar-refractivity contribution in [2.24, 2.45) is 0 Å². The fourth-order valence-electron chi connectivity index (χ4n) is 1.51. The largest absolute Gasteiger partial charge is 0.421 e. The van der Waals surface area contributed by atoms with Crippen LogP contribution in [0.15, 0.2) is 16.8 Å². The molecule has 2 rings (SSSR count). The van der Waals surface area contributed by atoms with E-state index in [-0.39, 0.29) is 0 Å². The lowest BCUT2D eigenvalue weighted by atomic mass is 10.3. The monoisotopic (exact) mass is 235 g/mol. The zero-order valence-corrected chi connectivity index (χ0v) is 9.94. The van der Waals surface area contributed by atoms with Crippen LogP contribution >= 0.6 is 0 Å². The zero-order chi connectivity index (χ0) is 11.9. The Balaban J connectivity index is 1.79. The first kappa shape index (κ1) is 11.8. The molecule has 92 valence electrons. The third-order valence-corrected chi connectivity index (χ3v) is 2.38. The maximum Gasteiger partial charge on any atom is 0.250 e. The number of nitrogens with one attached hydrogen (secondary N) is 2. The molecule has 0 unspecified atom stereocenters. The van der Waals surface area contributed by atoms with Crippen molar-refractivity contribution < 1.29 is 4.42 Å². The van der Waals surface area contributed by atoms with Gasteiger partial charge in [-0.05, 0) is 25.9 Å². The van der Waals surface area contributed by atoms with Crippen LogP contribution in [0.3, 0.4) is 0 Å². The molecule has 0 spiro atoms. The summed E-state index contributed by atoms with van der Waals surface area (Å²) in [6.45, 7) is 4.20. The van der Waals surface area contributed by atoms with Crippen molar-refractivity contribution in [1.82, 2.24) is 25.7 Å². The Bertz CT molecular complexity index is 423. The first-order valence-electron chi connectivity index (χ1n) is 5.92. The number of nitrogens with zero attached hydrogens (tertiary/aromatic N) is 3. The molecule has 6 nitrogen and oxygen atoms in total. The highest BCUT2D eigenvalue weighted by atomic mass is 16.4. The van der Waals surface area contributed by atoms with Gasteiger partial charge in [-0.2, -0.15) is 5.10 Å². The van der Waals surface area contributed by atoms with E-state index in [9.17, 15) is 0 Å². The van der Waals surface area contributed by atoms with Crippen molar-refractivity contribution in [1.29, 1.82) is 0 Å². The van der Waals surface area contributed by atoms with Crippen molar-refractivity contribution in [2.75, 3.05) is 13.1 Å². The van der Waals surface area contributed by atoms with Gasteiger partial charge >= 0.3 is 0 Å². The molecule has 17 heavy (non-hydrogen) atoms. The van der Waals surface area contributed by atoms with Crippen LogP contribution in [0.2, 0.25) is 0 Å². The third kappa shape index (κ3) is 3.39. The van der Waals surface area contributed by atoms with Crippen LogP contribution in [0.4, 0.5) is 0 Å². The SMILES string of the molecule is CCCNCCCc1nnc(-c2cn[nH]c2)o1. The Morgan fingerprint density at radius 1 is 1.35 bits per heavy atom. The summed E-state index contributed by atoms with van der Waals surface area (Å²) in [6.07, 6.45) is 6.37. The standard InChI is InChI=1S/C11H17N5O/c1-2-5-12-6-3-4-10-15-16-11(17-10)9-7-13-14-8-9/h7-8,12H,2-6H2,1H3,(H,13,14). The van der Waals surface area contributed by atoms with E-state index in [1.54, 1.807) is 12.4 Å². The van der Waals surface area contributed by atoms with Crippen LogP contribution in [-0.4, -0.2) is 33.5 Å². The molecule has 2 heterocycles. The van der Waals surface area contributed by atoms with Gasteiger partial charge in [0.2, 0.25) is 5.89 Å². The minimum Gasteiger partial charge on any atom is -0.421 e. The average Bonchev–Trinajstić information content (AvgIpc) is 2.99. The number of hydrogen-bond donors (Lipinski definition) is 2. The lowest BCUT2D eigenvalue weighted by Crippen LogP contribution is -2.16. The van der Waals surface area contributed by atoms with Crippen LogP contribution in [0.5, 0.6) is 0 Å². The smallest absolute Gasteiger partial charge is 0.250 e.